The molecule has 0 unspecified atom stereocenters. The van der Waals surface area contributed by atoms with Gasteiger partial charge in [-0.15, -0.1) is 0 Å². The lowest BCUT2D eigenvalue weighted by atomic mass is 10.0. The normalized spacial score (nSPS) is 14.0. The fourth-order valence-corrected chi connectivity index (χ4v) is 3.14. The number of carbonyl (C=O) groups is 3. The molecule has 2 N–H and O–H groups in total. The second kappa shape index (κ2) is 8.48. The van der Waals surface area contributed by atoms with E-state index < -0.39 is 17.9 Å². The highest BCUT2D eigenvalue weighted by Crippen LogP contribution is 2.39. The summed E-state index contributed by atoms with van der Waals surface area (Å²) in [7, 11) is 0. The molecule has 0 aliphatic heterocycles. The van der Waals surface area contributed by atoms with Gasteiger partial charge in [0, 0.05) is 11.5 Å². The average molecular weight is 371 g/mol. The molecule has 8 nitrogen and oxygen atoms in total. The van der Waals surface area contributed by atoms with Crippen LogP contribution in [-0.4, -0.2) is 29.7 Å². The van der Waals surface area contributed by atoms with Gasteiger partial charge >= 0.3 is 12.0 Å². The molecule has 1 aromatic heterocycles. The monoisotopic (exact) mass is 371 g/mol. The van der Waals surface area contributed by atoms with Crippen LogP contribution in [0.3, 0.4) is 0 Å². The number of rotatable bonds is 5. The Bertz CT molecular complexity index is 825. The fourth-order valence-electron chi connectivity index (χ4n) is 3.14. The predicted octanol–water partition coefficient (Wildman–Crippen LogP) is 3.47. The number of imide groups is 1. The van der Waals surface area contributed by atoms with Crippen LogP contribution in [0.15, 0.2) is 34.9 Å². The summed E-state index contributed by atoms with van der Waals surface area (Å²) in [6, 6.07) is 7.59. The first-order valence-corrected chi connectivity index (χ1v) is 8.94. The van der Waals surface area contributed by atoms with Gasteiger partial charge < -0.3 is 14.6 Å². The largest absolute Gasteiger partial charge is 0.461 e. The maximum atomic E-state index is 12.3. The SMILES string of the molecule is CCOC(=O)c1noc(C2CCCC2)c1NC(=O)NC(=O)c1ccccc1. The van der Waals surface area contributed by atoms with Crippen LogP contribution in [0.5, 0.6) is 0 Å². The third-order valence-electron chi connectivity index (χ3n) is 4.41. The topological polar surface area (TPSA) is 111 Å². The van der Waals surface area contributed by atoms with E-state index in [-0.39, 0.29) is 23.9 Å². The Labute approximate surface area is 156 Å². The third-order valence-corrected chi connectivity index (χ3v) is 4.41. The molecule has 1 saturated carbocycles. The number of hydrogen-bond acceptors (Lipinski definition) is 6. The Hall–Kier alpha value is -3.16. The van der Waals surface area contributed by atoms with E-state index >= 15 is 0 Å². The van der Waals surface area contributed by atoms with Gasteiger partial charge in [0.2, 0.25) is 5.69 Å². The van der Waals surface area contributed by atoms with Gasteiger partial charge in [-0.3, -0.25) is 10.1 Å². The van der Waals surface area contributed by atoms with E-state index in [4.69, 9.17) is 9.26 Å². The molecule has 0 radical (unpaired) electrons. The van der Waals surface area contributed by atoms with Crippen molar-refractivity contribution in [1.82, 2.24) is 10.5 Å². The first-order chi connectivity index (χ1) is 13.1. The highest BCUT2D eigenvalue weighted by molar-refractivity contribution is 6.09. The maximum Gasteiger partial charge on any atom is 0.362 e. The van der Waals surface area contributed by atoms with Crippen LogP contribution >= 0.6 is 0 Å². The van der Waals surface area contributed by atoms with Crippen molar-refractivity contribution in [2.75, 3.05) is 11.9 Å². The van der Waals surface area contributed by atoms with E-state index in [1.165, 1.54) is 0 Å². The van der Waals surface area contributed by atoms with Crippen molar-refractivity contribution >= 4 is 23.6 Å². The Morgan fingerprint density at radius 2 is 1.89 bits per heavy atom. The summed E-state index contributed by atoms with van der Waals surface area (Å²) in [6.45, 7) is 1.84. The number of nitrogens with zero attached hydrogens (tertiary/aromatic N) is 1. The van der Waals surface area contributed by atoms with Crippen LogP contribution in [0, 0.1) is 0 Å². The van der Waals surface area contributed by atoms with Crippen molar-refractivity contribution in [3.05, 3.63) is 47.3 Å². The van der Waals surface area contributed by atoms with Crippen LogP contribution in [0.1, 0.15) is 65.1 Å². The summed E-state index contributed by atoms with van der Waals surface area (Å²) in [6.07, 6.45) is 3.85. The molecule has 1 fully saturated rings. The Kier molecular flexibility index (Phi) is 5.85. The van der Waals surface area contributed by atoms with Gasteiger partial charge in [0.25, 0.3) is 5.91 Å². The van der Waals surface area contributed by atoms with Gasteiger partial charge in [-0.2, -0.15) is 0 Å². The molecule has 142 valence electrons. The molecule has 3 amide bonds. The molecule has 3 rings (SSSR count). The molecule has 0 bridgehead atoms. The van der Waals surface area contributed by atoms with Gasteiger partial charge in [0.15, 0.2) is 5.76 Å². The highest BCUT2D eigenvalue weighted by Gasteiger charge is 2.31. The highest BCUT2D eigenvalue weighted by atomic mass is 16.5. The Morgan fingerprint density at radius 1 is 1.19 bits per heavy atom. The molecule has 0 saturated heterocycles. The first kappa shape index (κ1) is 18.6. The second-order valence-corrected chi connectivity index (χ2v) is 6.25. The molecule has 0 spiro atoms. The summed E-state index contributed by atoms with van der Waals surface area (Å²) >= 11 is 0. The van der Waals surface area contributed by atoms with Crippen LogP contribution in [0.2, 0.25) is 0 Å². The van der Waals surface area contributed by atoms with E-state index in [0.29, 0.717) is 11.3 Å². The van der Waals surface area contributed by atoms with Gasteiger partial charge in [-0.25, -0.2) is 9.59 Å². The van der Waals surface area contributed by atoms with Gasteiger partial charge in [-0.05, 0) is 31.9 Å². The van der Waals surface area contributed by atoms with Crippen LogP contribution < -0.4 is 10.6 Å². The van der Waals surface area contributed by atoms with E-state index in [2.05, 4.69) is 15.8 Å². The van der Waals surface area contributed by atoms with Crippen molar-refractivity contribution in [2.24, 2.45) is 0 Å². The molecule has 2 aromatic rings. The number of hydrogen-bond donors (Lipinski definition) is 2. The fraction of sp³-hybridized carbons (Fsp3) is 0.368. The van der Waals surface area contributed by atoms with Gasteiger partial charge in [0.1, 0.15) is 5.69 Å². The number of anilines is 1. The number of esters is 1. The van der Waals surface area contributed by atoms with Crippen molar-refractivity contribution in [2.45, 2.75) is 38.5 Å². The van der Waals surface area contributed by atoms with Crippen molar-refractivity contribution < 1.29 is 23.6 Å². The van der Waals surface area contributed by atoms with E-state index in [1.807, 2.05) is 0 Å². The number of aromatic nitrogens is 1. The summed E-state index contributed by atoms with van der Waals surface area (Å²) in [4.78, 5) is 36.6. The minimum atomic E-state index is -0.767. The third kappa shape index (κ3) is 4.33. The van der Waals surface area contributed by atoms with Gasteiger partial charge in [0.05, 0.1) is 6.61 Å². The molecule has 0 atom stereocenters. The van der Waals surface area contributed by atoms with Crippen molar-refractivity contribution in [1.29, 1.82) is 0 Å². The predicted molar refractivity (Wildman–Crippen MR) is 96.6 cm³/mol. The Balaban J connectivity index is 1.79. The maximum absolute atomic E-state index is 12.3. The molecule has 1 aliphatic rings. The lowest BCUT2D eigenvalue weighted by Crippen LogP contribution is -2.35. The molecule has 27 heavy (non-hydrogen) atoms. The minimum Gasteiger partial charge on any atom is -0.461 e. The zero-order chi connectivity index (χ0) is 19.2. The smallest absolute Gasteiger partial charge is 0.362 e. The number of urea groups is 1. The standard InChI is InChI=1S/C19H21N3O5/c1-2-26-18(24)15-14(16(27-22-15)12-8-6-7-9-12)20-19(25)21-17(23)13-10-4-3-5-11-13/h3-5,10-12H,2,6-9H2,1H3,(H2,20,21,23,25). The Morgan fingerprint density at radius 3 is 2.56 bits per heavy atom. The van der Waals surface area contributed by atoms with E-state index in [0.717, 1.165) is 25.7 Å². The van der Waals surface area contributed by atoms with E-state index in [1.54, 1.807) is 37.3 Å². The van der Waals surface area contributed by atoms with Crippen molar-refractivity contribution in [3.8, 4) is 0 Å². The zero-order valence-electron chi connectivity index (χ0n) is 15.0. The van der Waals surface area contributed by atoms with Gasteiger partial charge in [-0.1, -0.05) is 36.2 Å². The molecular weight excluding hydrogens is 350 g/mol. The van der Waals surface area contributed by atoms with E-state index in [9.17, 15) is 14.4 Å². The molecule has 8 heteroatoms. The molecular formula is C19H21N3O5. The number of ether oxygens (including phenoxy) is 1. The number of carbonyl (C=O) groups excluding carboxylic acids is 3. The number of nitrogens with one attached hydrogen (secondary N) is 2. The minimum absolute atomic E-state index is 0.0702. The van der Waals surface area contributed by atoms with Crippen LogP contribution in [0.4, 0.5) is 10.5 Å². The molecule has 1 heterocycles. The summed E-state index contributed by atoms with van der Waals surface area (Å²) in [5.41, 5.74) is 0.416. The van der Waals surface area contributed by atoms with Crippen LogP contribution in [0.25, 0.3) is 0 Å². The number of benzene rings is 1. The summed E-state index contributed by atoms with van der Waals surface area (Å²) in [5.74, 6) is -0.724. The first-order valence-electron chi connectivity index (χ1n) is 8.94. The number of amides is 3. The summed E-state index contributed by atoms with van der Waals surface area (Å²) < 4.78 is 10.3. The van der Waals surface area contributed by atoms with Crippen molar-refractivity contribution in [3.63, 3.8) is 0 Å². The van der Waals surface area contributed by atoms with Crippen LogP contribution in [-0.2, 0) is 4.74 Å². The quantitative estimate of drug-likeness (QED) is 0.779. The molecule has 1 aliphatic carbocycles. The lowest BCUT2D eigenvalue weighted by Gasteiger charge is -2.10. The summed E-state index contributed by atoms with van der Waals surface area (Å²) in [5, 5.41) is 8.58. The zero-order valence-corrected chi connectivity index (χ0v) is 15.0. The lowest BCUT2D eigenvalue weighted by molar-refractivity contribution is 0.0515. The average Bonchev–Trinajstić information content (AvgIpc) is 3.32. The second-order valence-electron chi connectivity index (χ2n) is 6.25. The molecule has 1 aromatic carbocycles.